The van der Waals surface area contributed by atoms with E-state index in [1.807, 2.05) is 6.20 Å². The van der Waals surface area contributed by atoms with E-state index in [1.54, 1.807) is 0 Å². The highest BCUT2D eigenvalue weighted by molar-refractivity contribution is 5.53. The van der Waals surface area contributed by atoms with Crippen molar-refractivity contribution < 1.29 is 0 Å². The summed E-state index contributed by atoms with van der Waals surface area (Å²) >= 11 is 0. The normalized spacial score (nSPS) is 15.9. The zero-order chi connectivity index (χ0) is 10.2. The summed E-state index contributed by atoms with van der Waals surface area (Å²) in [5.41, 5.74) is 3.97. The van der Waals surface area contributed by atoms with Crippen LogP contribution in [0.4, 0.5) is 5.69 Å². The first-order valence-corrected chi connectivity index (χ1v) is 5.30. The smallest absolute Gasteiger partial charge is 0.0477 e. The van der Waals surface area contributed by atoms with E-state index in [0.717, 1.165) is 6.54 Å². The van der Waals surface area contributed by atoms with Crippen LogP contribution in [0.25, 0.3) is 0 Å². The van der Waals surface area contributed by atoms with Gasteiger partial charge in [-0.3, -0.25) is 4.98 Å². The third kappa shape index (κ3) is 1.74. The fourth-order valence-electron chi connectivity index (χ4n) is 1.76. The van der Waals surface area contributed by atoms with Crippen LogP contribution in [-0.4, -0.2) is 11.5 Å². The summed E-state index contributed by atoms with van der Waals surface area (Å²) in [6, 6.07) is 2.20. The third-order valence-corrected chi connectivity index (χ3v) is 2.69. The number of pyridine rings is 1. The van der Waals surface area contributed by atoms with E-state index in [2.05, 4.69) is 37.1 Å². The molecule has 2 heterocycles. The summed E-state index contributed by atoms with van der Waals surface area (Å²) < 4.78 is 0. The van der Waals surface area contributed by atoms with Crippen LogP contribution in [-0.2, 0) is 11.8 Å². The molecule has 0 saturated carbocycles. The topological polar surface area (TPSA) is 24.9 Å². The van der Waals surface area contributed by atoms with Gasteiger partial charge >= 0.3 is 0 Å². The molecule has 2 heteroatoms. The van der Waals surface area contributed by atoms with Gasteiger partial charge in [-0.2, -0.15) is 0 Å². The van der Waals surface area contributed by atoms with Gasteiger partial charge in [0.25, 0.3) is 0 Å². The molecular formula is C12H18N2. The summed E-state index contributed by atoms with van der Waals surface area (Å²) in [5, 5.41) is 3.44. The average molecular weight is 190 g/mol. The maximum atomic E-state index is 4.52. The molecule has 1 aromatic rings. The molecule has 1 aliphatic heterocycles. The van der Waals surface area contributed by atoms with Gasteiger partial charge in [-0.25, -0.2) is 0 Å². The zero-order valence-electron chi connectivity index (χ0n) is 9.22. The fourth-order valence-corrected chi connectivity index (χ4v) is 1.76. The van der Waals surface area contributed by atoms with Gasteiger partial charge in [0.15, 0.2) is 0 Å². The van der Waals surface area contributed by atoms with Gasteiger partial charge in [0.05, 0.1) is 0 Å². The lowest BCUT2D eigenvalue weighted by Gasteiger charge is -2.23. The molecular weight excluding hydrogens is 172 g/mol. The monoisotopic (exact) mass is 190 g/mol. The number of aryl methyl sites for hydroxylation is 1. The van der Waals surface area contributed by atoms with Gasteiger partial charge in [0.2, 0.25) is 0 Å². The summed E-state index contributed by atoms with van der Waals surface area (Å²) in [5.74, 6) is 0. The maximum Gasteiger partial charge on any atom is 0.0477 e. The predicted molar refractivity (Wildman–Crippen MR) is 59.7 cm³/mol. The van der Waals surface area contributed by atoms with Gasteiger partial charge in [0.1, 0.15) is 0 Å². The molecule has 0 aliphatic carbocycles. The number of aromatic nitrogens is 1. The number of hydrogen-bond acceptors (Lipinski definition) is 2. The Hall–Kier alpha value is -1.05. The Labute approximate surface area is 85.7 Å². The van der Waals surface area contributed by atoms with E-state index in [4.69, 9.17) is 0 Å². The van der Waals surface area contributed by atoms with Crippen LogP contribution in [0.15, 0.2) is 12.3 Å². The highest BCUT2D eigenvalue weighted by atomic mass is 14.9. The summed E-state index contributed by atoms with van der Waals surface area (Å²) in [6.45, 7) is 7.69. The predicted octanol–water partition coefficient (Wildman–Crippen LogP) is 2.74. The standard InChI is InChI=1S/C12H18N2/c1-12(2,3)11-7-10-9(8-14-11)5-4-6-13-10/h7-8,13H,4-6H2,1-3H3. The van der Waals surface area contributed by atoms with Gasteiger partial charge in [0, 0.05) is 29.5 Å². The Kier molecular flexibility index (Phi) is 2.22. The number of fused-ring (bicyclic) bond motifs is 1. The Bertz CT molecular complexity index is 337. The number of rotatable bonds is 0. The molecule has 0 saturated heterocycles. The van der Waals surface area contributed by atoms with Crippen molar-refractivity contribution in [1.82, 2.24) is 4.98 Å². The Morgan fingerprint density at radius 1 is 1.36 bits per heavy atom. The van der Waals surface area contributed by atoms with E-state index in [-0.39, 0.29) is 5.41 Å². The fraction of sp³-hybridized carbons (Fsp3) is 0.583. The SMILES string of the molecule is CC(C)(C)c1cc2c(cn1)CCCN2. The molecule has 76 valence electrons. The molecule has 2 rings (SSSR count). The number of anilines is 1. The summed E-state index contributed by atoms with van der Waals surface area (Å²) in [6.07, 6.45) is 4.42. The first-order valence-electron chi connectivity index (χ1n) is 5.30. The van der Waals surface area contributed by atoms with Gasteiger partial charge in [-0.05, 0) is 24.5 Å². The molecule has 2 nitrogen and oxygen atoms in total. The lowest BCUT2D eigenvalue weighted by Crippen LogP contribution is -2.17. The quantitative estimate of drug-likeness (QED) is 0.680. The van der Waals surface area contributed by atoms with Crippen LogP contribution in [0.5, 0.6) is 0 Å². The molecule has 0 bridgehead atoms. The molecule has 1 aliphatic rings. The average Bonchev–Trinajstić information content (AvgIpc) is 2.16. The number of nitrogens with one attached hydrogen (secondary N) is 1. The highest BCUT2D eigenvalue weighted by Crippen LogP contribution is 2.27. The van der Waals surface area contributed by atoms with E-state index in [1.165, 1.54) is 29.8 Å². The molecule has 0 radical (unpaired) electrons. The first kappa shape index (κ1) is 9.50. The van der Waals surface area contributed by atoms with Crippen molar-refractivity contribution in [2.75, 3.05) is 11.9 Å². The Morgan fingerprint density at radius 2 is 2.14 bits per heavy atom. The van der Waals surface area contributed by atoms with Gasteiger partial charge in [-0.1, -0.05) is 20.8 Å². The van der Waals surface area contributed by atoms with Crippen LogP contribution in [0.3, 0.4) is 0 Å². The molecule has 0 amide bonds. The maximum absolute atomic E-state index is 4.52. The van der Waals surface area contributed by atoms with Crippen LogP contribution >= 0.6 is 0 Å². The van der Waals surface area contributed by atoms with E-state index in [0.29, 0.717) is 0 Å². The number of nitrogens with zero attached hydrogens (tertiary/aromatic N) is 1. The van der Waals surface area contributed by atoms with Crippen molar-refractivity contribution >= 4 is 5.69 Å². The molecule has 0 fully saturated rings. The molecule has 1 N–H and O–H groups in total. The van der Waals surface area contributed by atoms with E-state index in [9.17, 15) is 0 Å². The van der Waals surface area contributed by atoms with E-state index >= 15 is 0 Å². The first-order chi connectivity index (χ1) is 6.57. The zero-order valence-corrected chi connectivity index (χ0v) is 9.22. The molecule has 0 spiro atoms. The van der Waals surface area contributed by atoms with Crippen LogP contribution in [0, 0.1) is 0 Å². The van der Waals surface area contributed by atoms with Crippen LogP contribution < -0.4 is 5.32 Å². The van der Waals surface area contributed by atoms with Crippen molar-refractivity contribution in [2.24, 2.45) is 0 Å². The third-order valence-electron chi connectivity index (χ3n) is 2.69. The van der Waals surface area contributed by atoms with Crippen LogP contribution in [0.1, 0.15) is 38.4 Å². The molecule has 0 atom stereocenters. The second-order valence-corrected chi connectivity index (χ2v) is 5.01. The number of hydrogen-bond donors (Lipinski definition) is 1. The summed E-state index contributed by atoms with van der Waals surface area (Å²) in [4.78, 5) is 4.52. The lowest BCUT2D eigenvalue weighted by molar-refractivity contribution is 0.568. The second kappa shape index (κ2) is 3.26. The minimum atomic E-state index is 0.147. The van der Waals surface area contributed by atoms with Gasteiger partial charge in [-0.15, -0.1) is 0 Å². The van der Waals surface area contributed by atoms with Crippen molar-refractivity contribution in [2.45, 2.75) is 39.0 Å². The Morgan fingerprint density at radius 3 is 2.86 bits per heavy atom. The minimum absolute atomic E-state index is 0.147. The van der Waals surface area contributed by atoms with E-state index < -0.39 is 0 Å². The van der Waals surface area contributed by atoms with Gasteiger partial charge < -0.3 is 5.32 Å². The molecule has 0 aromatic carbocycles. The molecule has 0 unspecified atom stereocenters. The largest absolute Gasteiger partial charge is 0.385 e. The second-order valence-electron chi connectivity index (χ2n) is 5.01. The highest BCUT2D eigenvalue weighted by Gasteiger charge is 2.18. The lowest BCUT2D eigenvalue weighted by atomic mass is 9.90. The molecule has 1 aromatic heterocycles. The summed E-state index contributed by atoms with van der Waals surface area (Å²) in [7, 11) is 0. The van der Waals surface area contributed by atoms with Crippen molar-refractivity contribution in [3.05, 3.63) is 23.5 Å². The van der Waals surface area contributed by atoms with Crippen LogP contribution in [0.2, 0.25) is 0 Å². The minimum Gasteiger partial charge on any atom is -0.385 e. The van der Waals surface area contributed by atoms with Crippen molar-refractivity contribution in [3.8, 4) is 0 Å². The van der Waals surface area contributed by atoms with Crippen molar-refractivity contribution in [3.63, 3.8) is 0 Å². The van der Waals surface area contributed by atoms with Crippen molar-refractivity contribution in [1.29, 1.82) is 0 Å². The Balaban J connectivity index is 2.39. The molecule has 14 heavy (non-hydrogen) atoms.